The number of aromatic carboxylic acids is 1. The molecule has 6 heteroatoms. The van der Waals surface area contributed by atoms with Crippen LogP contribution in [0, 0.1) is 10.5 Å². The summed E-state index contributed by atoms with van der Waals surface area (Å²) in [4.78, 5) is 23.2. The lowest BCUT2D eigenvalue weighted by atomic mass is 10.1. The van der Waals surface area contributed by atoms with Crippen molar-refractivity contribution in [1.82, 2.24) is 0 Å². The number of amides is 2. The van der Waals surface area contributed by atoms with Gasteiger partial charge in [-0.15, -0.1) is 0 Å². The van der Waals surface area contributed by atoms with Gasteiger partial charge in [0.25, 0.3) is 0 Å². The number of rotatable bonds is 3. The van der Waals surface area contributed by atoms with Gasteiger partial charge in [-0.2, -0.15) is 0 Å². The monoisotopic (exact) mass is 396 g/mol. The number of urea groups is 1. The first-order valence-electron chi connectivity index (χ1n) is 6.14. The zero-order valence-corrected chi connectivity index (χ0v) is 13.3. The van der Waals surface area contributed by atoms with E-state index in [0.717, 1.165) is 3.57 Å². The van der Waals surface area contributed by atoms with Gasteiger partial charge in [0, 0.05) is 9.26 Å². The molecule has 2 aromatic rings. The van der Waals surface area contributed by atoms with E-state index in [1.54, 1.807) is 37.3 Å². The molecule has 0 aliphatic rings. The maximum absolute atomic E-state index is 11.9. The smallest absolute Gasteiger partial charge is 0.338 e. The van der Waals surface area contributed by atoms with Gasteiger partial charge >= 0.3 is 12.0 Å². The zero-order valence-electron chi connectivity index (χ0n) is 11.2. The van der Waals surface area contributed by atoms with Crippen LogP contribution < -0.4 is 10.6 Å². The highest BCUT2D eigenvalue weighted by Gasteiger charge is 2.14. The minimum atomic E-state index is -1.07. The molecule has 2 aromatic carbocycles. The molecule has 0 atom stereocenters. The van der Waals surface area contributed by atoms with Crippen LogP contribution >= 0.6 is 22.6 Å². The van der Waals surface area contributed by atoms with Gasteiger partial charge in [0.2, 0.25) is 0 Å². The Balaban J connectivity index is 2.15. The molecular formula is C15H13IN2O3. The highest BCUT2D eigenvalue weighted by molar-refractivity contribution is 14.1. The lowest BCUT2D eigenvalue weighted by Crippen LogP contribution is -2.21. The van der Waals surface area contributed by atoms with Crippen LogP contribution in [0.15, 0.2) is 42.5 Å². The topological polar surface area (TPSA) is 78.4 Å². The lowest BCUT2D eigenvalue weighted by molar-refractivity contribution is 0.0697. The summed E-state index contributed by atoms with van der Waals surface area (Å²) < 4.78 is 1.06. The molecule has 0 aliphatic carbocycles. The number of hydrogen-bond donors (Lipinski definition) is 3. The normalized spacial score (nSPS) is 10.0. The first-order valence-corrected chi connectivity index (χ1v) is 7.21. The number of benzene rings is 2. The average Bonchev–Trinajstić information content (AvgIpc) is 2.41. The molecule has 2 amide bonds. The summed E-state index contributed by atoms with van der Waals surface area (Å²) in [6.07, 6.45) is 0. The molecule has 2 rings (SSSR count). The van der Waals surface area contributed by atoms with Gasteiger partial charge < -0.3 is 15.7 Å². The van der Waals surface area contributed by atoms with E-state index in [-0.39, 0.29) is 11.3 Å². The average molecular weight is 396 g/mol. The first kappa shape index (κ1) is 15.3. The van der Waals surface area contributed by atoms with Crippen LogP contribution in [0.3, 0.4) is 0 Å². The summed E-state index contributed by atoms with van der Waals surface area (Å²) in [5, 5.41) is 14.4. The molecule has 0 fully saturated rings. The van der Waals surface area contributed by atoms with E-state index in [4.69, 9.17) is 0 Å². The fourth-order valence-electron chi connectivity index (χ4n) is 1.87. The van der Waals surface area contributed by atoms with Crippen molar-refractivity contribution in [2.45, 2.75) is 6.92 Å². The molecule has 0 bridgehead atoms. The summed E-state index contributed by atoms with van der Waals surface area (Å²) >= 11 is 2.17. The fraction of sp³-hybridized carbons (Fsp3) is 0.0667. The molecule has 0 aromatic heterocycles. The second-order valence-corrected chi connectivity index (χ2v) is 5.63. The van der Waals surface area contributed by atoms with Crippen molar-refractivity contribution in [1.29, 1.82) is 0 Å². The quantitative estimate of drug-likeness (QED) is 0.688. The third-order valence-electron chi connectivity index (χ3n) is 2.84. The molecule has 108 valence electrons. The predicted molar refractivity (Wildman–Crippen MR) is 89.9 cm³/mol. The van der Waals surface area contributed by atoms with E-state index < -0.39 is 12.0 Å². The number of carboxylic acid groups (broad SMARTS) is 1. The van der Waals surface area contributed by atoms with Crippen LogP contribution in [-0.4, -0.2) is 17.1 Å². The van der Waals surface area contributed by atoms with Crippen LogP contribution in [0.2, 0.25) is 0 Å². The van der Waals surface area contributed by atoms with Crippen molar-refractivity contribution in [3.8, 4) is 0 Å². The van der Waals surface area contributed by atoms with Crippen LogP contribution in [0.25, 0.3) is 0 Å². The molecule has 0 radical (unpaired) electrons. The lowest BCUT2D eigenvalue weighted by Gasteiger charge is -2.11. The molecular weight excluding hydrogens is 383 g/mol. The fourth-order valence-corrected chi connectivity index (χ4v) is 2.23. The number of hydrogen-bond acceptors (Lipinski definition) is 2. The number of nitrogens with one attached hydrogen (secondary N) is 2. The summed E-state index contributed by atoms with van der Waals surface area (Å²) in [5.41, 5.74) is 1.59. The van der Waals surface area contributed by atoms with Crippen molar-refractivity contribution in [3.05, 3.63) is 57.2 Å². The SMILES string of the molecule is Cc1cccc(NC(=O)Nc2ccc(I)cc2)c1C(=O)O. The van der Waals surface area contributed by atoms with Gasteiger partial charge in [-0.1, -0.05) is 12.1 Å². The van der Waals surface area contributed by atoms with E-state index in [2.05, 4.69) is 33.2 Å². The predicted octanol–water partition coefficient (Wildman–Crippen LogP) is 3.94. The van der Waals surface area contributed by atoms with Gasteiger partial charge in [0.15, 0.2) is 0 Å². The number of anilines is 2. The highest BCUT2D eigenvalue weighted by atomic mass is 127. The standard InChI is InChI=1S/C15H13IN2O3/c1-9-3-2-4-12(13(9)14(19)20)18-15(21)17-11-7-5-10(16)6-8-11/h2-8H,1H3,(H,19,20)(H2,17,18,21). The number of carbonyl (C=O) groups excluding carboxylic acids is 1. The van der Waals surface area contributed by atoms with E-state index in [0.29, 0.717) is 11.3 Å². The Morgan fingerprint density at radius 2 is 1.71 bits per heavy atom. The number of halogens is 1. The van der Waals surface area contributed by atoms with Crippen LogP contribution in [0.1, 0.15) is 15.9 Å². The van der Waals surface area contributed by atoms with Crippen LogP contribution in [-0.2, 0) is 0 Å². The third kappa shape index (κ3) is 3.94. The minimum Gasteiger partial charge on any atom is -0.478 e. The van der Waals surface area contributed by atoms with Crippen molar-refractivity contribution in [2.75, 3.05) is 10.6 Å². The van der Waals surface area contributed by atoms with Crippen molar-refractivity contribution in [3.63, 3.8) is 0 Å². The second-order valence-electron chi connectivity index (χ2n) is 4.39. The molecule has 21 heavy (non-hydrogen) atoms. The maximum atomic E-state index is 11.9. The molecule has 3 N–H and O–H groups in total. The Morgan fingerprint density at radius 3 is 2.33 bits per heavy atom. The minimum absolute atomic E-state index is 0.0928. The van der Waals surface area contributed by atoms with Gasteiger partial charge in [-0.3, -0.25) is 0 Å². The molecule has 0 saturated heterocycles. The summed E-state index contributed by atoms with van der Waals surface area (Å²) in [6, 6.07) is 11.7. The number of carbonyl (C=O) groups is 2. The van der Waals surface area contributed by atoms with E-state index in [1.807, 2.05) is 12.1 Å². The first-order chi connectivity index (χ1) is 9.97. The van der Waals surface area contributed by atoms with Gasteiger partial charge in [0.1, 0.15) is 0 Å². The summed E-state index contributed by atoms with van der Waals surface area (Å²) in [5.74, 6) is -1.07. The number of aryl methyl sites for hydroxylation is 1. The Kier molecular flexibility index (Phi) is 4.79. The van der Waals surface area contributed by atoms with Crippen LogP contribution in [0.4, 0.5) is 16.2 Å². The Morgan fingerprint density at radius 1 is 1.05 bits per heavy atom. The van der Waals surface area contributed by atoms with Gasteiger partial charge in [-0.05, 0) is 65.4 Å². The summed E-state index contributed by atoms with van der Waals surface area (Å²) in [6.45, 7) is 1.69. The number of carboxylic acids is 1. The zero-order chi connectivity index (χ0) is 15.4. The molecule has 5 nitrogen and oxygen atoms in total. The summed E-state index contributed by atoms with van der Waals surface area (Å²) in [7, 11) is 0. The van der Waals surface area contributed by atoms with E-state index in [1.165, 1.54) is 0 Å². The van der Waals surface area contributed by atoms with Crippen molar-refractivity contribution >= 4 is 46.0 Å². The molecule has 0 unspecified atom stereocenters. The van der Waals surface area contributed by atoms with Crippen molar-refractivity contribution < 1.29 is 14.7 Å². The van der Waals surface area contributed by atoms with Gasteiger partial charge in [0.05, 0.1) is 11.3 Å². The Bertz CT molecular complexity index is 684. The highest BCUT2D eigenvalue weighted by Crippen LogP contribution is 2.20. The molecule has 0 spiro atoms. The maximum Gasteiger partial charge on any atom is 0.338 e. The molecule has 0 aliphatic heterocycles. The van der Waals surface area contributed by atoms with Crippen LogP contribution in [0.5, 0.6) is 0 Å². The van der Waals surface area contributed by atoms with E-state index in [9.17, 15) is 14.7 Å². The Hall–Kier alpha value is -2.09. The molecule has 0 heterocycles. The molecule has 0 saturated carbocycles. The van der Waals surface area contributed by atoms with Crippen molar-refractivity contribution in [2.24, 2.45) is 0 Å². The van der Waals surface area contributed by atoms with E-state index >= 15 is 0 Å². The van der Waals surface area contributed by atoms with Gasteiger partial charge in [-0.25, -0.2) is 9.59 Å². The third-order valence-corrected chi connectivity index (χ3v) is 3.56. The largest absolute Gasteiger partial charge is 0.478 e. The Labute approximate surface area is 135 Å². The second kappa shape index (κ2) is 6.57.